The molecule has 3 rings (SSSR count). The number of nitrogens with one attached hydrogen (secondary N) is 4. The van der Waals surface area contributed by atoms with Crippen LogP contribution in [0.2, 0.25) is 0 Å². The van der Waals surface area contributed by atoms with E-state index in [0.717, 1.165) is 25.0 Å². The smallest absolute Gasteiger partial charge is 0.385 e. The number of hydrogen-bond donors (Lipinski definition) is 5. The van der Waals surface area contributed by atoms with Gasteiger partial charge in [0.25, 0.3) is 5.91 Å². The van der Waals surface area contributed by atoms with E-state index in [1.54, 1.807) is 0 Å². The van der Waals surface area contributed by atoms with Crippen molar-refractivity contribution in [3.8, 4) is 0 Å². The number of rotatable bonds is 13. The Hall–Kier alpha value is -3.33. The van der Waals surface area contributed by atoms with Crippen LogP contribution in [0.3, 0.4) is 0 Å². The number of fused-ring (bicyclic) bond motifs is 1. The first kappa shape index (κ1) is 26.3. The maximum absolute atomic E-state index is 12.3. The largest absolute Gasteiger partial charge is 0.480 e. The topological polar surface area (TPSA) is 165 Å². The highest BCUT2D eigenvalue weighted by atomic mass is 32.2. The van der Waals surface area contributed by atoms with Gasteiger partial charge < -0.3 is 26.4 Å². The lowest BCUT2D eigenvalue weighted by Crippen LogP contribution is -2.40. The maximum atomic E-state index is 12.3. The van der Waals surface area contributed by atoms with Crippen molar-refractivity contribution in [1.82, 2.24) is 21.3 Å². The van der Waals surface area contributed by atoms with Crippen LogP contribution in [0, 0.1) is 5.39 Å². The first-order valence-electron chi connectivity index (χ1n) is 11.8. The van der Waals surface area contributed by atoms with Gasteiger partial charge in [-0.05, 0) is 44.2 Å². The predicted octanol–water partition coefficient (Wildman–Crippen LogP) is 2.37. The molecule has 2 saturated heterocycles. The van der Waals surface area contributed by atoms with Crippen LogP contribution < -0.4 is 21.3 Å². The van der Waals surface area contributed by atoms with E-state index in [9.17, 15) is 24.3 Å². The number of unbranched alkanes of at least 4 members (excludes halogenated alkanes) is 2. The van der Waals surface area contributed by atoms with E-state index in [1.165, 1.54) is 24.3 Å². The number of diazo groups is 1. The van der Waals surface area contributed by atoms with E-state index in [0.29, 0.717) is 36.7 Å². The van der Waals surface area contributed by atoms with Gasteiger partial charge in [0.2, 0.25) is 11.3 Å². The second-order valence-electron chi connectivity index (χ2n) is 8.72. The van der Waals surface area contributed by atoms with Crippen molar-refractivity contribution in [2.45, 2.75) is 68.3 Å². The van der Waals surface area contributed by atoms with Crippen LogP contribution in [-0.2, 0) is 9.59 Å². The zero-order valence-corrected chi connectivity index (χ0v) is 20.2. The van der Waals surface area contributed by atoms with Crippen LogP contribution in [0.4, 0.5) is 10.5 Å². The molecule has 11 nitrogen and oxygen atoms in total. The number of nitrogens with zero attached hydrogens (tertiary/aromatic N) is 2. The number of urea groups is 1. The Kier molecular flexibility index (Phi) is 9.72. The van der Waals surface area contributed by atoms with Gasteiger partial charge in [-0.2, -0.15) is 11.8 Å². The Labute approximate surface area is 207 Å². The fourth-order valence-corrected chi connectivity index (χ4v) is 5.79. The second-order valence-corrected chi connectivity index (χ2v) is 10.00. The number of benzene rings is 1. The third-order valence-corrected chi connectivity index (χ3v) is 7.68. The molecule has 2 fully saturated rings. The van der Waals surface area contributed by atoms with Gasteiger partial charge >= 0.3 is 17.7 Å². The van der Waals surface area contributed by atoms with Crippen LogP contribution in [0.5, 0.6) is 0 Å². The molecule has 0 aliphatic carbocycles. The third-order valence-electron chi connectivity index (χ3n) is 6.17. The molecule has 5 N–H and O–H groups in total. The molecule has 2 aliphatic heterocycles. The van der Waals surface area contributed by atoms with Crippen molar-refractivity contribution in [1.29, 1.82) is 5.39 Å². The van der Waals surface area contributed by atoms with Gasteiger partial charge in [-0.1, -0.05) is 6.42 Å². The Morgan fingerprint density at radius 1 is 1.14 bits per heavy atom. The molecule has 0 saturated carbocycles. The average molecular weight is 504 g/mol. The van der Waals surface area contributed by atoms with Gasteiger partial charge in [0.1, 0.15) is 6.04 Å². The molecule has 4 unspecified atom stereocenters. The number of carbonyl (C=O) groups is 4. The summed E-state index contributed by atoms with van der Waals surface area (Å²) >= 11 is 1.86. The Morgan fingerprint density at radius 2 is 1.91 bits per heavy atom. The lowest BCUT2D eigenvalue weighted by atomic mass is 10.0. The van der Waals surface area contributed by atoms with Crippen LogP contribution in [0.25, 0.3) is 4.98 Å². The first-order chi connectivity index (χ1) is 16.9. The SMILES string of the molecule is N#[N+]c1ccc(C(=O)NC(CCCCNC(=O)CCCCC2SCC3NC(=O)NC32)C(=O)O)cc1. The number of hydrogen-bond acceptors (Lipinski definition) is 6. The zero-order valence-electron chi connectivity index (χ0n) is 19.4. The van der Waals surface area contributed by atoms with Crippen molar-refractivity contribution >= 4 is 41.3 Å². The normalized spacial score (nSPS) is 21.2. The summed E-state index contributed by atoms with van der Waals surface area (Å²) in [5.41, 5.74) is 0.563. The molecule has 4 amide bonds. The molecule has 4 atom stereocenters. The Morgan fingerprint density at radius 3 is 2.63 bits per heavy atom. The summed E-state index contributed by atoms with van der Waals surface area (Å²) in [7, 11) is 0. The van der Waals surface area contributed by atoms with Crippen LogP contribution in [0.15, 0.2) is 24.3 Å². The van der Waals surface area contributed by atoms with Crippen molar-refractivity contribution < 1.29 is 24.3 Å². The highest BCUT2D eigenvalue weighted by molar-refractivity contribution is 8.00. The lowest BCUT2D eigenvalue weighted by molar-refractivity contribution is -0.139. The fraction of sp³-hybridized carbons (Fsp3) is 0.565. The van der Waals surface area contributed by atoms with Crippen LogP contribution in [-0.4, -0.2) is 64.6 Å². The molecule has 0 spiro atoms. The second kappa shape index (κ2) is 12.9. The van der Waals surface area contributed by atoms with E-state index in [2.05, 4.69) is 26.2 Å². The minimum Gasteiger partial charge on any atom is -0.480 e. The minimum atomic E-state index is -1.12. The van der Waals surface area contributed by atoms with Crippen molar-refractivity contribution in [2.24, 2.45) is 0 Å². The lowest BCUT2D eigenvalue weighted by Gasteiger charge is -2.16. The summed E-state index contributed by atoms with van der Waals surface area (Å²) in [5.74, 6) is -0.744. The van der Waals surface area contributed by atoms with Gasteiger partial charge in [-0.15, -0.1) is 0 Å². The summed E-state index contributed by atoms with van der Waals surface area (Å²) in [6.07, 6.45) is 4.47. The maximum Gasteiger partial charge on any atom is 0.385 e. The molecule has 1 aromatic rings. The zero-order chi connectivity index (χ0) is 25.2. The summed E-state index contributed by atoms with van der Waals surface area (Å²) < 4.78 is 0. The van der Waals surface area contributed by atoms with E-state index in [1.807, 2.05) is 11.8 Å². The van der Waals surface area contributed by atoms with Gasteiger partial charge in [0.05, 0.1) is 12.1 Å². The minimum absolute atomic E-state index is 0.0288. The number of thioether (sulfide) groups is 1. The van der Waals surface area contributed by atoms with Crippen molar-refractivity contribution in [3.05, 3.63) is 34.8 Å². The van der Waals surface area contributed by atoms with Gasteiger partial charge in [0.15, 0.2) is 4.98 Å². The molecule has 12 heteroatoms. The summed E-state index contributed by atoms with van der Waals surface area (Å²) in [6.45, 7) is 0.450. The Balaban J connectivity index is 1.25. The third kappa shape index (κ3) is 7.85. The predicted molar refractivity (Wildman–Crippen MR) is 131 cm³/mol. The highest BCUT2D eigenvalue weighted by Gasteiger charge is 2.42. The summed E-state index contributed by atoms with van der Waals surface area (Å²) in [5, 5.41) is 29.7. The fourth-order valence-electron chi connectivity index (χ4n) is 4.24. The van der Waals surface area contributed by atoms with E-state index in [-0.39, 0.29) is 36.0 Å². The molecule has 0 radical (unpaired) electrons. The van der Waals surface area contributed by atoms with Gasteiger partial charge in [-0.3, -0.25) is 9.59 Å². The summed E-state index contributed by atoms with van der Waals surface area (Å²) in [6, 6.07) is 5.07. The molecule has 35 heavy (non-hydrogen) atoms. The monoisotopic (exact) mass is 503 g/mol. The van der Waals surface area contributed by atoms with Crippen LogP contribution in [0.1, 0.15) is 55.3 Å². The molecule has 2 heterocycles. The summed E-state index contributed by atoms with van der Waals surface area (Å²) in [4.78, 5) is 50.3. The highest BCUT2D eigenvalue weighted by Crippen LogP contribution is 2.33. The van der Waals surface area contributed by atoms with Crippen molar-refractivity contribution in [2.75, 3.05) is 12.3 Å². The number of carboxylic acids is 1. The molecule has 0 aromatic heterocycles. The molecular formula is C23H31N6O5S+. The molecule has 188 valence electrons. The quantitative estimate of drug-likeness (QED) is 0.157. The average Bonchev–Trinajstić information content (AvgIpc) is 3.39. The molecular weight excluding hydrogens is 472 g/mol. The van der Waals surface area contributed by atoms with Gasteiger partial charge in [0, 0.05) is 41.7 Å². The number of carboxylic acid groups (broad SMARTS) is 1. The molecule has 1 aromatic carbocycles. The van der Waals surface area contributed by atoms with Crippen LogP contribution >= 0.6 is 11.8 Å². The first-order valence-corrected chi connectivity index (χ1v) is 12.9. The van der Waals surface area contributed by atoms with E-state index >= 15 is 0 Å². The Bertz CT molecular complexity index is 966. The van der Waals surface area contributed by atoms with E-state index < -0.39 is 17.9 Å². The number of aliphatic carboxylic acids is 1. The van der Waals surface area contributed by atoms with Gasteiger partial charge in [-0.25, -0.2) is 9.59 Å². The molecule has 2 aliphatic rings. The number of amides is 4. The number of carbonyl (C=O) groups excluding carboxylic acids is 3. The molecule has 0 bridgehead atoms. The van der Waals surface area contributed by atoms with E-state index in [4.69, 9.17) is 5.39 Å². The van der Waals surface area contributed by atoms with Crippen molar-refractivity contribution in [3.63, 3.8) is 0 Å². The standard InChI is InChI=1S/C23H30N6O5S/c24-29-15-10-8-14(9-11-15)21(31)26-16(22(32)33)5-3-4-12-25-19(30)7-2-1-6-18-20-17(13-35-18)27-23(34)28-20/h8-11,16-18,20H,1-7,12-13H2,(H4-,25,26,27,28,30,31,32,33,34)/p+1.